The highest BCUT2D eigenvalue weighted by atomic mass is 35.5. The van der Waals surface area contributed by atoms with Crippen LogP contribution in [0.4, 0.5) is 10.5 Å². The van der Waals surface area contributed by atoms with Gasteiger partial charge in [0.25, 0.3) is 5.91 Å². The van der Waals surface area contributed by atoms with E-state index in [4.69, 9.17) is 21.1 Å². The maximum absolute atomic E-state index is 13.1. The van der Waals surface area contributed by atoms with Gasteiger partial charge in [-0.05, 0) is 49.7 Å². The normalized spacial score (nSPS) is 16.0. The van der Waals surface area contributed by atoms with Crippen LogP contribution in [-0.4, -0.2) is 26.2 Å². The molecule has 3 rings (SSSR count). The summed E-state index contributed by atoms with van der Waals surface area (Å²) in [6.45, 7) is 3.56. The number of carbonyl (C=O) groups excluding carboxylic acids is 2. The van der Waals surface area contributed by atoms with E-state index in [1.165, 1.54) is 7.11 Å². The molecule has 8 heteroatoms. The average molecular weight is 416 g/mol. The topological polar surface area (TPSA) is 88.7 Å². The molecule has 152 valence electrons. The predicted octanol–water partition coefficient (Wildman–Crippen LogP) is 3.93. The lowest BCUT2D eigenvalue weighted by Gasteiger charge is -2.29. The van der Waals surface area contributed by atoms with Crippen LogP contribution in [0.3, 0.4) is 0 Å². The molecule has 0 saturated carbocycles. The van der Waals surface area contributed by atoms with Crippen molar-refractivity contribution < 1.29 is 19.1 Å². The first-order valence-electron chi connectivity index (χ1n) is 8.91. The molecule has 3 amide bonds. The summed E-state index contributed by atoms with van der Waals surface area (Å²) in [7, 11) is 3.07. The van der Waals surface area contributed by atoms with Crippen LogP contribution in [0.15, 0.2) is 47.7 Å². The zero-order valence-corrected chi connectivity index (χ0v) is 17.3. The number of rotatable bonds is 5. The summed E-state index contributed by atoms with van der Waals surface area (Å²) < 4.78 is 10.7. The average Bonchev–Trinajstić information content (AvgIpc) is 2.69. The highest BCUT2D eigenvalue weighted by Gasteiger charge is 2.33. The first-order valence-corrected chi connectivity index (χ1v) is 9.29. The molecule has 0 saturated heterocycles. The van der Waals surface area contributed by atoms with Crippen LogP contribution in [0.5, 0.6) is 11.5 Å². The summed E-state index contributed by atoms with van der Waals surface area (Å²) in [5, 5.41) is 8.85. The monoisotopic (exact) mass is 415 g/mol. The molecule has 3 N–H and O–H groups in total. The number of hydrogen-bond donors (Lipinski definition) is 3. The molecule has 0 radical (unpaired) electrons. The van der Waals surface area contributed by atoms with Crippen molar-refractivity contribution in [2.45, 2.75) is 19.9 Å². The van der Waals surface area contributed by atoms with Gasteiger partial charge in [0.2, 0.25) is 0 Å². The van der Waals surface area contributed by atoms with Crippen molar-refractivity contribution in [3.63, 3.8) is 0 Å². The minimum atomic E-state index is -0.727. The van der Waals surface area contributed by atoms with Gasteiger partial charge in [-0.1, -0.05) is 17.7 Å². The van der Waals surface area contributed by atoms with Crippen molar-refractivity contribution in [3.8, 4) is 11.5 Å². The van der Waals surface area contributed by atoms with Crippen LogP contribution in [0, 0.1) is 6.92 Å². The Labute approximate surface area is 174 Å². The number of benzene rings is 2. The van der Waals surface area contributed by atoms with Crippen LogP contribution >= 0.6 is 11.6 Å². The maximum Gasteiger partial charge on any atom is 0.319 e. The lowest BCUT2D eigenvalue weighted by Crippen LogP contribution is -2.46. The molecular formula is C21H22ClN3O4. The highest BCUT2D eigenvalue weighted by Crippen LogP contribution is 2.36. The fraction of sp³-hybridized carbons (Fsp3) is 0.238. The number of carbonyl (C=O) groups is 2. The van der Waals surface area contributed by atoms with Gasteiger partial charge in [-0.2, -0.15) is 0 Å². The molecule has 1 aliphatic heterocycles. The molecule has 0 spiro atoms. The molecule has 1 heterocycles. The Kier molecular flexibility index (Phi) is 5.98. The third-order valence-corrected chi connectivity index (χ3v) is 5.10. The first kappa shape index (κ1) is 20.5. The van der Waals surface area contributed by atoms with E-state index >= 15 is 0 Å². The number of hydrogen-bond acceptors (Lipinski definition) is 4. The molecular weight excluding hydrogens is 394 g/mol. The van der Waals surface area contributed by atoms with E-state index in [0.717, 1.165) is 5.56 Å². The lowest BCUT2D eigenvalue weighted by atomic mass is 9.93. The van der Waals surface area contributed by atoms with Gasteiger partial charge in [-0.3, -0.25) is 4.79 Å². The van der Waals surface area contributed by atoms with Crippen LogP contribution in [0.25, 0.3) is 0 Å². The van der Waals surface area contributed by atoms with E-state index in [2.05, 4.69) is 16.0 Å². The van der Waals surface area contributed by atoms with Crippen LogP contribution in [0.1, 0.15) is 24.1 Å². The Morgan fingerprint density at radius 2 is 1.86 bits per heavy atom. The van der Waals surface area contributed by atoms with E-state index < -0.39 is 12.1 Å². The zero-order valence-electron chi connectivity index (χ0n) is 16.6. The summed E-state index contributed by atoms with van der Waals surface area (Å²) in [6.07, 6.45) is 0. The summed E-state index contributed by atoms with van der Waals surface area (Å²) in [5.74, 6) is 0.732. The summed E-state index contributed by atoms with van der Waals surface area (Å²) in [5.41, 5.74) is 2.87. The van der Waals surface area contributed by atoms with Crippen LogP contribution in [-0.2, 0) is 4.79 Å². The second kappa shape index (κ2) is 8.45. The van der Waals surface area contributed by atoms with Gasteiger partial charge in [0.05, 0.1) is 25.8 Å². The van der Waals surface area contributed by atoms with Crippen molar-refractivity contribution >= 4 is 29.2 Å². The van der Waals surface area contributed by atoms with Crippen LogP contribution in [0.2, 0.25) is 5.02 Å². The van der Waals surface area contributed by atoms with E-state index in [9.17, 15) is 9.59 Å². The molecule has 1 atom stereocenters. The zero-order chi connectivity index (χ0) is 21.1. The van der Waals surface area contributed by atoms with Crippen molar-refractivity contribution in [2.24, 2.45) is 0 Å². The minimum Gasteiger partial charge on any atom is -0.497 e. The van der Waals surface area contributed by atoms with Crippen molar-refractivity contribution in [3.05, 3.63) is 63.8 Å². The van der Waals surface area contributed by atoms with Gasteiger partial charge >= 0.3 is 6.03 Å². The first-order chi connectivity index (χ1) is 13.8. The number of anilines is 1. The molecule has 0 aliphatic carbocycles. The Bertz CT molecular complexity index is 1000. The molecule has 29 heavy (non-hydrogen) atoms. The fourth-order valence-electron chi connectivity index (χ4n) is 3.16. The van der Waals surface area contributed by atoms with E-state index in [1.807, 2.05) is 13.0 Å². The summed E-state index contributed by atoms with van der Waals surface area (Å²) in [6, 6.07) is 9.34. The third-order valence-electron chi connectivity index (χ3n) is 4.69. The van der Waals surface area contributed by atoms with Crippen molar-refractivity contribution in [1.29, 1.82) is 0 Å². The number of urea groups is 1. The quantitative estimate of drug-likeness (QED) is 0.690. The van der Waals surface area contributed by atoms with Gasteiger partial charge in [0, 0.05) is 22.0 Å². The van der Waals surface area contributed by atoms with Gasteiger partial charge < -0.3 is 25.4 Å². The Morgan fingerprint density at radius 1 is 1.10 bits per heavy atom. The third kappa shape index (κ3) is 4.30. The molecule has 0 fully saturated rings. The largest absolute Gasteiger partial charge is 0.497 e. The molecule has 2 aromatic rings. The predicted molar refractivity (Wildman–Crippen MR) is 111 cm³/mol. The number of halogens is 1. The molecule has 0 aromatic heterocycles. The van der Waals surface area contributed by atoms with E-state index in [1.54, 1.807) is 44.4 Å². The molecule has 7 nitrogen and oxygen atoms in total. The van der Waals surface area contributed by atoms with E-state index in [0.29, 0.717) is 39.0 Å². The Morgan fingerprint density at radius 3 is 2.52 bits per heavy atom. The van der Waals surface area contributed by atoms with Gasteiger partial charge in [0.15, 0.2) is 0 Å². The number of ether oxygens (including phenoxy) is 2. The SMILES string of the molecule is COc1ccc(OC)c([C@@H]2NC(=O)NC(C)=C2C(=O)Nc2ccc(C)c(Cl)c2)c1. The molecule has 2 aromatic carbocycles. The Hall–Kier alpha value is -3.19. The number of allylic oxidation sites excluding steroid dienone is 1. The highest BCUT2D eigenvalue weighted by molar-refractivity contribution is 6.31. The number of amides is 3. The lowest BCUT2D eigenvalue weighted by molar-refractivity contribution is -0.113. The summed E-state index contributed by atoms with van der Waals surface area (Å²) in [4.78, 5) is 25.3. The Balaban J connectivity index is 2.02. The molecule has 0 unspecified atom stereocenters. The number of nitrogens with one attached hydrogen (secondary N) is 3. The van der Waals surface area contributed by atoms with Crippen LogP contribution < -0.4 is 25.4 Å². The molecule has 0 bridgehead atoms. The smallest absolute Gasteiger partial charge is 0.319 e. The van der Waals surface area contributed by atoms with Gasteiger partial charge in [-0.25, -0.2) is 4.79 Å². The van der Waals surface area contributed by atoms with Crippen molar-refractivity contribution in [2.75, 3.05) is 19.5 Å². The second-order valence-corrected chi connectivity index (χ2v) is 7.00. The van der Waals surface area contributed by atoms with Crippen molar-refractivity contribution in [1.82, 2.24) is 10.6 Å². The maximum atomic E-state index is 13.1. The van der Waals surface area contributed by atoms with E-state index in [-0.39, 0.29) is 5.91 Å². The number of methoxy groups -OCH3 is 2. The standard InChI is InChI=1S/C21H22ClN3O4/c1-11-5-6-13(9-16(11)22)24-20(26)18-12(2)23-21(27)25-19(18)15-10-14(28-3)7-8-17(15)29-4/h5-10,19H,1-4H3,(H,24,26)(H2,23,25,27)/t19-/m0/s1. The number of aryl methyl sites for hydroxylation is 1. The second-order valence-electron chi connectivity index (χ2n) is 6.60. The fourth-order valence-corrected chi connectivity index (χ4v) is 3.34. The van der Waals surface area contributed by atoms with Gasteiger partial charge in [-0.15, -0.1) is 0 Å². The minimum absolute atomic E-state index is 0.354. The van der Waals surface area contributed by atoms with Gasteiger partial charge in [0.1, 0.15) is 11.5 Å². The summed E-state index contributed by atoms with van der Waals surface area (Å²) >= 11 is 6.17. The molecule has 1 aliphatic rings.